The number of ether oxygens (including phenoxy) is 1. The van der Waals surface area contributed by atoms with Crippen molar-refractivity contribution in [3.8, 4) is 17.0 Å². The van der Waals surface area contributed by atoms with E-state index in [0.29, 0.717) is 11.8 Å². The zero-order chi connectivity index (χ0) is 16.1. The first-order valence-corrected chi connectivity index (χ1v) is 7.98. The van der Waals surface area contributed by atoms with Gasteiger partial charge in [-0.25, -0.2) is 4.98 Å². The van der Waals surface area contributed by atoms with Crippen LogP contribution in [0.25, 0.3) is 11.1 Å². The monoisotopic (exact) mass is 298 g/mol. The molecule has 2 rings (SSSR count). The Morgan fingerprint density at radius 3 is 2.45 bits per heavy atom. The van der Waals surface area contributed by atoms with Crippen molar-refractivity contribution in [1.29, 1.82) is 0 Å². The lowest BCUT2D eigenvalue weighted by molar-refractivity contribution is 0.230. The molecule has 0 saturated carbocycles. The summed E-state index contributed by atoms with van der Waals surface area (Å²) in [5.74, 6) is 1.99. The molecule has 0 aromatic carbocycles. The van der Waals surface area contributed by atoms with E-state index in [4.69, 9.17) is 4.74 Å². The van der Waals surface area contributed by atoms with E-state index >= 15 is 0 Å². The summed E-state index contributed by atoms with van der Waals surface area (Å²) >= 11 is 0. The Hall–Kier alpha value is -1.90. The van der Waals surface area contributed by atoms with Crippen LogP contribution in [0.2, 0.25) is 0 Å². The molecule has 0 saturated heterocycles. The first-order chi connectivity index (χ1) is 10.5. The molecule has 1 atom stereocenters. The van der Waals surface area contributed by atoms with E-state index in [1.807, 2.05) is 32.3 Å². The van der Waals surface area contributed by atoms with E-state index in [-0.39, 0.29) is 0 Å². The van der Waals surface area contributed by atoms with Gasteiger partial charge in [-0.3, -0.25) is 4.98 Å². The van der Waals surface area contributed by atoms with Crippen LogP contribution in [-0.2, 0) is 0 Å². The molecule has 118 valence electrons. The summed E-state index contributed by atoms with van der Waals surface area (Å²) in [5.41, 5.74) is 4.33. The lowest BCUT2D eigenvalue weighted by Crippen LogP contribution is -2.12. The molecule has 0 N–H and O–H groups in total. The molecule has 0 unspecified atom stereocenters. The third-order valence-electron chi connectivity index (χ3n) is 3.64. The first-order valence-electron chi connectivity index (χ1n) is 7.98. The Bertz CT molecular complexity index is 623. The summed E-state index contributed by atoms with van der Waals surface area (Å²) in [6, 6.07) is 6.21. The third-order valence-corrected chi connectivity index (χ3v) is 3.64. The van der Waals surface area contributed by atoms with Gasteiger partial charge in [-0.05, 0) is 55.9 Å². The molecule has 2 aromatic rings. The lowest BCUT2D eigenvalue weighted by atomic mass is 10.00. The first kappa shape index (κ1) is 16.5. The molecule has 0 spiro atoms. The highest BCUT2D eigenvalue weighted by atomic mass is 16.5. The van der Waals surface area contributed by atoms with Gasteiger partial charge in [0.05, 0.1) is 6.61 Å². The topological polar surface area (TPSA) is 35.0 Å². The minimum absolute atomic E-state index is 0.545. The van der Waals surface area contributed by atoms with Crippen LogP contribution in [0.15, 0.2) is 30.6 Å². The summed E-state index contributed by atoms with van der Waals surface area (Å²) in [6.07, 6.45) is 4.88. The summed E-state index contributed by atoms with van der Waals surface area (Å²) in [6.45, 7) is 11.5. The maximum Gasteiger partial charge on any atom is 0.216 e. The molecule has 3 heteroatoms. The van der Waals surface area contributed by atoms with Crippen molar-refractivity contribution in [2.45, 2.75) is 41.0 Å². The van der Waals surface area contributed by atoms with Crippen molar-refractivity contribution in [2.24, 2.45) is 11.8 Å². The summed E-state index contributed by atoms with van der Waals surface area (Å²) in [5, 5.41) is 0. The Morgan fingerprint density at radius 2 is 1.82 bits per heavy atom. The smallest absolute Gasteiger partial charge is 0.216 e. The van der Waals surface area contributed by atoms with Crippen LogP contribution in [0.1, 0.15) is 38.4 Å². The quantitative estimate of drug-likeness (QED) is 0.766. The van der Waals surface area contributed by atoms with Crippen LogP contribution in [0, 0.1) is 25.7 Å². The third kappa shape index (κ3) is 4.55. The van der Waals surface area contributed by atoms with Crippen LogP contribution < -0.4 is 4.74 Å². The van der Waals surface area contributed by atoms with E-state index in [1.54, 1.807) is 0 Å². The molecule has 22 heavy (non-hydrogen) atoms. The molecule has 0 amide bonds. The fourth-order valence-electron chi connectivity index (χ4n) is 2.69. The number of hydrogen-bond acceptors (Lipinski definition) is 3. The summed E-state index contributed by atoms with van der Waals surface area (Å²) in [7, 11) is 0. The maximum atomic E-state index is 5.89. The highest BCUT2D eigenvalue weighted by molar-refractivity contribution is 5.63. The fraction of sp³-hybridized carbons (Fsp3) is 0.474. The number of rotatable bonds is 6. The molecule has 0 aliphatic heterocycles. The number of aryl methyl sites for hydroxylation is 2. The molecule has 2 aromatic heterocycles. The van der Waals surface area contributed by atoms with Gasteiger partial charge < -0.3 is 4.74 Å². The van der Waals surface area contributed by atoms with Crippen molar-refractivity contribution in [1.82, 2.24) is 9.97 Å². The lowest BCUT2D eigenvalue weighted by Gasteiger charge is -2.16. The normalized spacial score (nSPS) is 12.5. The second-order valence-corrected chi connectivity index (χ2v) is 6.58. The molecule has 2 heterocycles. The summed E-state index contributed by atoms with van der Waals surface area (Å²) in [4.78, 5) is 8.73. The van der Waals surface area contributed by atoms with Gasteiger partial charge in [0.25, 0.3) is 0 Å². The van der Waals surface area contributed by atoms with E-state index < -0.39 is 0 Å². The second kappa shape index (κ2) is 7.39. The van der Waals surface area contributed by atoms with Crippen LogP contribution in [0.5, 0.6) is 5.88 Å². The van der Waals surface area contributed by atoms with Crippen LogP contribution in [0.4, 0.5) is 0 Å². The molecule has 0 bridgehead atoms. The van der Waals surface area contributed by atoms with Gasteiger partial charge in [0.2, 0.25) is 5.88 Å². The molecule has 0 aliphatic carbocycles. The van der Waals surface area contributed by atoms with Crippen LogP contribution in [0.3, 0.4) is 0 Å². The van der Waals surface area contributed by atoms with Crippen molar-refractivity contribution in [2.75, 3.05) is 6.61 Å². The van der Waals surface area contributed by atoms with E-state index in [9.17, 15) is 0 Å². The number of nitrogens with zero attached hydrogens (tertiary/aromatic N) is 2. The average Bonchev–Trinajstić information content (AvgIpc) is 2.45. The zero-order valence-electron chi connectivity index (χ0n) is 14.3. The van der Waals surface area contributed by atoms with Gasteiger partial charge in [-0.15, -0.1) is 0 Å². The molecule has 0 radical (unpaired) electrons. The summed E-state index contributed by atoms with van der Waals surface area (Å²) < 4.78 is 5.89. The minimum atomic E-state index is 0.545. The highest BCUT2D eigenvalue weighted by Crippen LogP contribution is 2.24. The van der Waals surface area contributed by atoms with E-state index in [1.165, 1.54) is 6.42 Å². The average molecular weight is 298 g/mol. The number of hydrogen-bond donors (Lipinski definition) is 0. The SMILES string of the molecule is Cc1cc(-c2cnc(OC[C@@H](C)CC(C)C)c(C)c2)ccn1. The Kier molecular flexibility index (Phi) is 5.53. The van der Waals surface area contributed by atoms with Gasteiger partial charge in [0, 0.05) is 29.2 Å². The van der Waals surface area contributed by atoms with Gasteiger partial charge in [-0.2, -0.15) is 0 Å². The van der Waals surface area contributed by atoms with Crippen LogP contribution in [-0.4, -0.2) is 16.6 Å². The van der Waals surface area contributed by atoms with Crippen molar-refractivity contribution in [3.05, 3.63) is 41.9 Å². The van der Waals surface area contributed by atoms with Gasteiger partial charge >= 0.3 is 0 Å². The van der Waals surface area contributed by atoms with Crippen molar-refractivity contribution < 1.29 is 4.74 Å². The van der Waals surface area contributed by atoms with Gasteiger partial charge in [0.15, 0.2) is 0 Å². The van der Waals surface area contributed by atoms with Gasteiger partial charge in [-0.1, -0.05) is 20.8 Å². The fourth-order valence-corrected chi connectivity index (χ4v) is 2.69. The van der Waals surface area contributed by atoms with Crippen molar-refractivity contribution in [3.63, 3.8) is 0 Å². The predicted molar refractivity (Wildman–Crippen MR) is 91.1 cm³/mol. The molecule has 0 fully saturated rings. The largest absolute Gasteiger partial charge is 0.477 e. The Morgan fingerprint density at radius 1 is 1.05 bits per heavy atom. The minimum Gasteiger partial charge on any atom is -0.477 e. The molecular formula is C19H26N2O. The predicted octanol–water partition coefficient (Wildman–Crippen LogP) is 4.82. The molecular weight excluding hydrogens is 272 g/mol. The number of pyridine rings is 2. The van der Waals surface area contributed by atoms with Gasteiger partial charge in [0.1, 0.15) is 0 Å². The van der Waals surface area contributed by atoms with Crippen molar-refractivity contribution >= 4 is 0 Å². The van der Waals surface area contributed by atoms with Crippen LogP contribution >= 0.6 is 0 Å². The Balaban J connectivity index is 2.07. The highest BCUT2D eigenvalue weighted by Gasteiger charge is 2.09. The molecule has 0 aliphatic rings. The second-order valence-electron chi connectivity index (χ2n) is 6.58. The van der Waals surface area contributed by atoms with E-state index in [2.05, 4.69) is 42.9 Å². The van der Waals surface area contributed by atoms with E-state index in [0.717, 1.165) is 34.9 Å². The molecule has 3 nitrogen and oxygen atoms in total. The Labute approximate surface area is 133 Å². The maximum absolute atomic E-state index is 5.89. The standard InChI is InChI=1S/C19H26N2O/c1-13(2)8-14(3)12-22-19-15(4)9-18(11-21-19)17-6-7-20-16(5)10-17/h6-7,9-11,13-14H,8,12H2,1-5H3/t14-/m0/s1. The number of aromatic nitrogens is 2. The zero-order valence-corrected chi connectivity index (χ0v) is 14.3.